The number of aromatic carboxylic acids is 1. The van der Waals surface area contributed by atoms with Gasteiger partial charge in [-0.3, -0.25) is 0 Å². The lowest BCUT2D eigenvalue weighted by molar-refractivity contribution is 0.0697. The lowest BCUT2D eigenvalue weighted by Gasteiger charge is -2.20. The van der Waals surface area contributed by atoms with Crippen LogP contribution in [0.25, 0.3) is 11.4 Å². The highest BCUT2D eigenvalue weighted by atomic mass is 16.5. The molecule has 0 bridgehead atoms. The largest absolute Gasteiger partial charge is 0.478 e. The first-order valence-corrected chi connectivity index (χ1v) is 5.92. The molecule has 0 radical (unpaired) electrons. The molecule has 3 rings (SSSR count). The van der Waals surface area contributed by atoms with Crippen molar-refractivity contribution in [1.82, 2.24) is 10.1 Å². The second-order valence-electron chi connectivity index (χ2n) is 4.43. The minimum atomic E-state index is -0.986. The van der Waals surface area contributed by atoms with Crippen LogP contribution in [0.4, 0.5) is 0 Å². The Hall–Kier alpha value is -2.17. The molecule has 5 nitrogen and oxygen atoms in total. The van der Waals surface area contributed by atoms with Crippen LogP contribution in [0.3, 0.4) is 0 Å². The molecule has 1 aliphatic carbocycles. The number of hydrogen-bond acceptors (Lipinski definition) is 4. The summed E-state index contributed by atoms with van der Waals surface area (Å²) < 4.78 is 5.20. The molecular weight excluding hydrogens is 232 g/mol. The SMILES string of the molecule is O=C(O)c1ccccc1-c1noc(C2CCC2)n1. The van der Waals surface area contributed by atoms with E-state index in [0.717, 1.165) is 12.8 Å². The average Bonchev–Trinajstić information content (AvgIpc) is 2.76. The molecule has 1 aromatic carbocycles. The highest BCUT2D eigenvalue weighted by Crippen LogP contribution is 2.36. The fourth-order valence-corrected chi connectivity index (χ4v) is 2.03. The number of hydrogen-bond donors (Lipinski definition) is 1. The van der Waals surface area contributed by atoms with Crippen LogP contribution in [0.2, 0.25) is 0 Å². The zero-order valence-electron chi connectivity index (χ0n) is 9.67. The Morgan fingerprint density at radius 1 is 1.33 bits per heavy atom. The summed E-state index contributed by atoms with van der Waals surface area (Å²) in [4.78, 5) is 15.4. The molecule has 1 N–H and O–H groups in total. The van der Waals surface area contributed by atoms with Gasteiger partial charge in [-0.05, 0) is 18.9 Å². The quantitative estimate of drug-likeness (QED) is 0.898. The van der Waals surface area contributed by atoms with Gasteiger partial charge >= 0.3 is 5.97 Å². The van der Waals surface area contributed by atoms with E-state index in [1.165, 1.54) is 12.5 Å². The predicted octanol–water partition coefficient (Wildman–Crippen LogP) is 2.70. The van der Waals surface area contributed by atoms with Crippen LogP contribution in [0.5, 0.6) is 0 Å². The van der Waals surface area contributed by atoms with Gasteiger partial charge in [-0.25, -0.2) is 4.79 Å². The molecule has 2 aromatic rings. The summed E-state index contributed by atoms with van der Waals surface area (Å²) in [5.41, 5.74) is 0.692. The Labute approximate surface area is 103 Å². The van der Waals surface area contributed by atoms with Crippen molar-refractivity contribution >= 4 is 5.97 Å². The van der Waals surface area contributed by atoms with E-state index >= 15 is 0 Å². The van der Waals surface area contributed by atoms with E-state index < -0.39 is 5.97 Å². The Bertz CT molecular complexity index is 587. The molecule has 1 fully saturated rings. The first kappa shape index (κ1) is 11.0. The van der Waals surface area contributed by atoms with Gasteiger partial charge in [-0.2, -0.15) is 4.98 Å². The number of benzene rings is 1. The zero-order chi connectivity index (χ0) is 12.5. The molecule has 1 saturated carbocycles. The highest BCUT2D eigenvalue weighted by molar-refractivity contribution is 5.94. The number of aromatic nitrogens is 2. The molecule has 0 saturated heterocycles. The van der Waals surface area contributed by atoms with Gasteiger partial charge in [0.25, 0.3) is 0 Å². The predicted molar refractivity (Wildman–Crippen MR) is 63.3 cm³/mol. The fraction of sp³-hybridized carbons (Fsp3) is 0.308. The topological polar surface area (TPSA) is 76.2 Å². The summed E-state index contributed by atoms with van der Waals surface area (Å²) in [7, 11) is 0. The molecule has 0 unspecified atom stereocenters. The number of nitrogens with zero attached hydrogens (tertiary/aromatic N) is 2. The van der Waals surface area contributed by atoms with Gasteiger partial charge in [0.1, 0.15) is 0 Å². The van der Waals surface area contributed by atoms with Crippen LogP contribution in [-0.4, -0.2) is 21.2 Å². The van der Waals surface area contributed by atoms with E-state index in [1.54, 1.807) is 18.2 Å². The van der Waals surface area contributed by atoms with E-state index in [2.05, 4.69) is 10.1 Å². The number of carboxylic acid groups (broad SMARTS) is 1. The van der Waals surface area contributed by atoms with Crippen molar-refractivity contribution in [1.29, 1.82) is 0 Å². The van der Waals surface area contributed by atoms with Crippen molar-refractivity contribution in [3.63, 3.8) is 0 Å². The van der Waals surface area contributed by atoms with Crippen LogP contribution < -0.4 is 0 Å². The second kappa shape index (κ2) is 4.25. The van der Waals surface area contributed by atoms with E-state index in [-0.39, 0.29) is 5.56 Å². The first-order chi connectivity index (χ1) is 8.75. The van der Waals surface area contributed by atoms with Crippen LogP contribution in [0.15, 0.2) is 28.8 Å². The lowest BCUT2D eigenvalue weighted by atomic mass is 9.85. The van der Waals surface area contributed by atoms with Gasteiger partial charge in [0, 0.05) is 11.5 Å². The van der Waals surface area contributed by atoms with E-state index in [1.807, 2.05) is 0 Å². The third kappa shape index (κ3) is 1.77. The van der Waals surface area contributed by atoms with E-state index in [0.29, 0.717) is 23.2 Å². The highest BCUT2D eigenvalue weighted by Gasteiger charge is 2.26. The van der Waals surface area contributed by atoms with Crippen LogP contribution in [0, 0.1) is 0 Å². The molecular formula is C13H12N2O3. The number of carbonyl (C=O) groups is 1. The Morgan fingerprint density at radius 3 is 2.78 bits per heavy atom. The molecule has 1 aromatic heterocycles. The normalized spacial score (nSPS) is 15.3. The molecule has 18 heavy (non-hydrogen) atoms. The summed E-state index contributed by atoms with van der Waals surface area (Å²) in [6.45, 7) is 0. The summed E-state index contributed by atoms with van der Waals surface area (Å²) in [5, 5.41) is 13.0. The van der Waals surface area contributed by atoms with Gasteiger partial charge in [0.05, 0.1) is 5.56 Å². The summed E-state index contributed by atoms with van der Waals surface area (Å²) in [5.74, 6) is 0.343. The molecule has 0 spiro atoms. The van der Waals surface area contributed by atoms with Crippen molar-refractivity contribution in [2.24, 2.45) is 0 Å². The maximum atomic E-state index is 11.1. The van der Waals surface area contributed by atoms with Gasteiger partial charge in [-0.1, -0.05) is 29.8 Å². The smallest absolute Gasteiger partial charge is 0.336 e. The third-order valence-electron chi connectivity index (χ3n) is 3.29. The molecule has 1 aliphatic rings. The average molecular weight is 244 g/mol. The molecule has 1 heterocycles. The molecule has 0 aliphatic heterocycles. The molecule has 5 heteroatoms. The maximum absolute atomic E-state index is 11.1. The molecule has 0 amide bonds. The van der Waals surface area contributed by atoms with Crippen LogP contribution >= 0.6 is 0 Å². The maximum Gasteiger partial charge on any atom is 0.336 e. The summed E-state index contributed by atoms with van der Waals surface area (Å²) in [6.07, 6.45) is 3.33. The third-order valence-corrected chi connectivity index (χ3v) is 3.29. The van der Waals surface area contributed by atoms with Gasteiger partial charge < -0.3 is 9.63 Å². The van der Waals surface area contributed by atoms with Crippen LogP contribution in [0.1, 0.15) is 41.4 Å². The van der Waals surface area contributed by atoms with Gasteiger partial charge in [-0.15, -0.1) is 0 Å². The Kier molecular flexibility index (Phi) is 2.59. The number of carboxylic acids is 1. The molecule has 92 valence electrons. The van der Waals surface area contributed by atoms with Crippen molar-refractivity contribution in [2.45, 2.75) is 25.2 Å². The summed E-state index contributed by atoms with van der Waals surface area (Å²) >= 11 is 0. The van der Waals surface area contributed by atoms with Crippen molar-refractivity contribution < 1.29 is 14.4 Å². The van der Waals surface area contributed by atoms with E-state index in [4.69, 9.17) is 9.63 Å². The number of rotatable bonds is 3. The second-order valence-corrected chi connectivity index (χ2v) is 4.43. The summed E-state index contributed by atoms with van der Waals surface area (Å²) in [6, 6.07) is 6.68. The lowest BCUT2D eigenvalue weighted by Crippen LogP contribution is -2.08. The molecule has 0 atom stereocenters. The standard InChI is InChI=1S/C13H12N2O3/c16-13(17)10-7-2-1-6-9(10)11-14-12(18-15-11)8-4-3-5-8/h1-2,6-8H,3-5H2,(H,16,17). The van der Waals surface area contributed by atoms with Crippen LogP contribution in [-0.2, 0) is 0 Å². The fourth-order valence-electron chi connectivity index (χ4n) is 2.03. The van der Waals surface area contributed by atoms with E-state index in [9.17, 15) is 4.79 Å². The Balaban J connectivity index is 1.99. The van der Waals surface area contributed by atoms with Crippen molar-refractivity contribution in [3.05, 3.63) is 35.7 Å². The monoisotopic (exact) mass is 244 g/mol. The first-order valence-electron chi connectivity index (χ1n) is 5.92. The Morgan fingerprint density at radius 2 is 2.11 bits per heavy atom. The van der Waals surface area contributed by atoms with Crippen molar-refractivity contribution in [2.75, 3.05) is 0 Å². The van der Waals surface area contributed by atoms with Gasteiger partial charge in [0.2, 0.25) is 11.7 Å². The minimum absolute atomic E-state index is 0.193. The minimum Gasteiger partial charge on any atom is -0.478 e. The zero-order valence-corrected chi connectivity index (χ0v) is 9.67. The van der Waals surface area contributed by atoms with Crippen molar-refractivity contribution in [3.8, 4) is 11.4 Å². The van der Waals surface area contributed by atoms with Gasteiger partial charge in [0.15, 0.2) is 0 Å².